The van der Waals surface area contributed by atoms with Gasteiger partial charge in [0.1, 0.15) is 5.57 Å². The third kappa shape index (κ3) is 2.34. The van der Waals surface area contributed by atoms with Crippen LogP contribution in [-0.2, 0) is 19.1 Å². The van der Waals surface area contributed by atoms with Gasteiger partial charge in [0.15, 0.2) is 11.5 Å². The van der Waals surface area contributed by atoms with Gasteiger partial charge in [-0.3, -0.25) is 4.79 Å². The average Bonchev–Trinajstić information content (AvgIpc) is 2.77. The van der Waals surface area contributed by atoms with Crippen molar-refractivity contribution in [1.29, 1.82) is 0 Å². The number of ketones is 1. The van der Waals surface area contributed by atoms with Gasteiger partial charge in [0.05, 0.1) is 12.7 Å². The fourth-order valence-electron chi connectivity index (χ4n) is 2.03. The molecule has 0 atom stereocenters. The summed E-state index contributed by atoms with van der Waals surface area (Å²) in [7, 11) is 1.19. The summed E-state index contributed by atoms with van der Waals surface area (Å²) in [5, 5.41) is 0. The number of carbonyl (C=O) groups excluding carboxylic acids is 3. The van der Waals surface area contributed by atoms with Gasteiger partial charge >= 0.3 is 11.9 Å². The van der Waals surface area contributed by atoms with E-state index in [9.17, 15) is 14.4 Å². The highest BCUT2D eigenvalue weighted by atomic mass is 16.5. The Morgan fingerprint density at radius 3 is 2.45 bits per heavy atom. The van der Waals surface area contributed by atoms with Gasteiger partial charge in [-0.1, -0.05) is 25.1 Å². The van der Waals surface area contributed by atoms with E-state index >= 15 is 0 Å². The van der Waals surface area contributed by atoms with E-state index in [4.69, 9.17) is 4.74 Å². The Morgan fingerprint density at radius 1 is 1.20 bits per heavy atom. The molecule has 0 amide bonds. The zero-order valence-corrected chi connectivity index (χ0v) is 11.3. The van der Waals surface area contributed by atoms with E-state index < -0.39 is 11.9 Å². The Labute approximate surface area is 116 Å². The number of Topliss-reactive ketones (excluding diaryl/α,β-unsaturated/α-hetero) is 1. The van der Waals surface area contributed by atoms with Gasteiger partial charge in [-0.25, -0.2) is 9.59 Å². The zero-order chi connectivity index (χ0) is 14.7. The van der Waals surface area contributed by atoms with Crippen LogP contribution in [0.25, 0.3) is 5.76 Å². The van der Waals surface area contributed by atoms with Crippen LogP contribution in [0.5, 0.6) is 0 Å². The van der Waals surface area contributed by atoms with Crippen molar-refractivity contribution < 1.29 is 23.9 Å². The molecule has 1 aliphatic rings. The lowest BCUT2D eigenvalue weighted by Crippen LogP contribution is -2.16. The molecule has 0 saturated heterocycles. The summed E-state index contributed by atoms with van der Waals surface area (Å²) in [5.74, 6) is -1.75. The van der Waals surface area contributed by atoms with Crippen LogP contribution in [-0.4, -0.2) is 24.8 Å². The third-order valence-corrected chi connectivity index (χ3v) is 2.96. The summed E-state index contributed by atoms with van der Waals surface area (Å²) < 4.78 is 9.74. The first kappa shape index (κ1) is 14.0. The molecule has 5 heteroatoms. The predicted octanol–water partition coefficient (Wildman–Crippen LogP) is 2.11. The standard InChI is InChI=1S/C15H14O5/c1-3-6-11(16)12(15(18)19-2)13-9-7-4-5-8-10(9)14(17)20-13/h4-5,7-8H,3,6H2,1-2H3/b13-12+. The minimum absolute atomic E-state index is 0.00380. The molecule has 0 bridgehead atoms. The lowest BCUT2D eigenvalue weighted by Gasteiger charge is -2.07. The molecule has 0 spiro atoms. The summed E-state index contributed by atoms with van der Waals surface area (Å²) in [5.41, 5.74) is 0.586. The van der Waals surface area contributed by atoms with Crippen LogP contribution in [0.1, 0.15) is 35.7 Å². The van der Waals surface area contributed by atoms with Gasteiger partial charge in [0.2, 0.25) is 0 Å². The van der Waals surface area contributed by atoms with Crippen molar-refractivity contribution >= 4 is 23.5 Å². The predicted molar refractivity (Wildman–Crippen MR) is 70.7 cm³/mol. The largest absolute Gasteiger partial charge is 0.465 e. The van der Waals surface area contributed by atoms with Crippen molar-refractivity contribution in [2.75, 3.05) is 7.11 Å². The maximum absolute atomic E-state index is 12.1. The SMILES string of the molecule is CCCC(=O)/C(C(=O)OC)=C1\OC(=O)c2ccccc21. The number of ether oxygens (including phenoxy) is 2. The Bertz CT molecular complexity index is 612. The molecule has 104 valence electrons. The summed E-state index contributed by atoms with van der Waals surface area (Å²) >= 11 is 0. The van der Waals surface area contributed by atoms with E-state index in [1.807, 2.05) is 6.92 Å². The summed E-state index contributed by atoms with van der Waals surface area (Å²) in [6.07, 6.45) is 0.774. The molecule has 0 aromatic heterocycles. The first-order valence-electron chi connectivity index (χ1n) is 6.27. The molecule has 1 heterocycles. The monoisotopic (exact) mass is 274 g/mol. The number of cyclic esters (lactones) is 1. The van der Waals surface area contributed by atoms with Crippen LogP contribution < -0.4 is 0 Å². The number of carbonyl (C=O) groups is 3. The first-order valence-corrected chi connectivity index (χ1v) is 6.27. The summed E-state index contributed by atoms with van der Waals surface area (Å²) in [6.45, 7) is 1.83. The number of esters is 2. The number of rotatable bonds is 4. The fraction of sp³-hybridized carbons (Fsp3) is 0.267. The summed E-state index contributed by atoms with van der Waals surface area (Å²) in [6, 6.07) is 6.62. The van der Waals surface area contributed by atoms with Gasteiger partial charge in [0.25, 0.3) is 0 Å². The molecule has 0 unspecified atom stereocenters. The third-order valence-electron chi connectivity index (χ3n) is 2.96. The Kier molecular flexibility index (Phi) is 3.98. The molecule has 0 fully saturated rings. The lowest BCUT2D eigenvalue weighted by molar-refractivity contribution is -0.137. The van der Waals surface area contributed by atoms with Crippen LogP contribution in [0.3, 0.4) is 0 Å². The maximum atomic E-state index is 12.1. The quantitative estimate of drug-likeness (QED) is 0.364. The Hall–Kier alpha value is -2.43. The average molecular weight is 274 g/mol. The van der Waals surface area contributed by atoms with E-state index in [0.717, 1.165) is 0 Å². The molecule has 20 heavy (non-hydrogen) atoms. The maximum Gasteiger partial charge on any atom is 0.345 e. The fourth-order valence-corrected chi connectivity index (χ4v) is 2.03. The molecular weight excluding hydrogens is 260 g/mol. The number of hydrogen-bond donors (Lipinski definition) is 0. The van der Waals surface area contributed by atoms with E-state index in [-0.39, 0.29) is 23.5 Å². The van der Waals surface area contributed by atoms with E-state index in [2.05, 4.69) is 4.74 Å². The first-order chi connectivity index (χ1) is 9.60. The number of hydrogen-bond acceptors (Lipinski definition) is 5. The molecule has 2 rings (SSSR count). The zero-order valence-electron chi connectivity index (χ0n) is 11.3. The van der Waals surface area contributed by atoms with Gasteiger partial charge in [0, 0.05) is 12.0 Å². The molecule has 0 aliphatic carbocycles. The van der Waals surface area contributed by atoms with Crippen molar-refractivity contribution in [3.05, 3.63) is 41.0 Å². The molecule has 1 aromatic rings. The molecular formula is C15H14O5. The van der Waals surface area contributed by atoms with Crippen LogP contribution in [0.4, 0.5) is 0 Å². The van der Waals surface area contributed by atoms with Crippen LogP contribution in [0.15, 0.2) is 29.8 Å². The van der Waals surface area contributed by atoms with Gasteiger partial charge < -0.3 is 9.47 Å². The second-order valence-electron chi connectivity index (χ2n) is 4.30. The highest BCUT2D eigenvalue weighted by Gasteiger charge is 2.34. The lowest BCUT2D eigenvalue weighted by atomic mass is 10.0. The van der Waals surface area contributed by atoms with Crippen molar-refractivity contribution in [2.24, 2.45) is 0 Å². The molecule has 0 N–H and O–H groups in total. The number of methoxy groups -OCH3 is 1. The minimum Gasteiger partial charge on any atom is -0.465 e. The normalized spacial score (nSPS) is 15.4. The molecule has 5 nitrogen and oxygen atoms in total. The van der Waals surface area contributed by atoms with Crippen LogP contribution >= 0.6 is 0 Å². The van der Waals surface area contributed by atoms with Crippen molar-refractivity contribution in [3.63, 3.8) is 0 Å². The number of fused-ring (bicyclic) bond motifs is 1. The van der Waals surface area contributed by atoms with Gasteiger partial charge in [-0.2, -0.15) is 0 Å². The van der Waals surface area contributed by atoms with Gasteiger partial charge in [-0.05, 0) is 12.5 Å². The topological polar surface area (TPSA) is 69.7 Å². The van der Waals surface area contributed by atoms with Crippen molar-refractivity contribution in [3.8, 4) is 0 Å². The molecule has 0 saturated carbocycles. The minimum atomic E-state index is -0.789. The second kappa shape index (κ2) is 5.69. The Balaban J connectivity index is 2.60. The molecule has 1 aliphatic heterocycles. The highest BCUT2D eigenvalue weighted by molar-refractivity contribution is 6.24. The van der Waals surface area contributed by atoms with Crippen LogP contribution in [0.2, 0.25) is 0 Å². The molecule has 0 radical (unpaired) electrons. The van der Waals surface area contributed by atoms with Crippen LogP contribution in [0, 0.1) is 0 Å². The highest BCUT2D eigenvalue weighted by Crippen LogP contribution is 2.33. The van der Waals surface area contributed by atoms with E-state index in [1.54, 1.807) is 24.3 Å². The number of benzene rings is 1. The van der Waals surface area contributed by atoms with Gasteiger partial charge in [-0.15, -0.1) is 0 Å². The second-order valence-corrected chi connectivity index (χ2v) is 4.30. The van der Waals surface area contributed by atoms with E-state index in [0.29, 0.717) is 17.5 Å². The van der Waals surface area contributed by atoms with Crippen molar-refractivity contribution in [1.82, 2.24) is 0 Å². The summed E-state index contributed by atoms with van der Waals surface area (Å²) in [4.78, 5) is 35.7. The Morgan fingerprint density at radius 2 is 1.85 bits per heavy atom. The van der Waals surface area contributed by atoms with E-state index in [1.165, 1.54) is 7.11 Å². The van der Waals surface area contributed by atoms with Crippen molar-refractivity contribution in [2.45, 2.75) is 19.8 Å². The molecule has 1 aromatic carbocycles. The smallest absolute Gasteiger partial charge is 0.345 e.